The van der Waals surface area contributed by atoms with E-state index in [0.29, 0.717) is 36.6 Å². The van der Waals surface area contributed by atoms with Gasteiger partial charge < -0.3 is 9.73 Å². The monoisotopic (exact) mass is 500 g/mol. The minimum atomic E-state index is -0.0527. The van der Waals surface area contributed by atoms with Crippen molar-refractivity contribution in [1.29, 1.82) is 0 Å². The van der Waals surface area contributed by atoms with Gasteiger partial charge in [0.2, 0.25) is 11.8 Å². The molecule has 0 spiro atoms. The summed E-state index contributed by atoms with van der Waals surface area (Å²) in [6, 6.07) is 3.61. The molecule has 7 nitrogen and oxygen atoms in total. The molecule has 0 saturated heterocycles. The molecule has 0 unspecified atom stereocenters. The van der Waals surface area contributed by atoms with E-state index in [2.05, 4.69) is 41.0 Å². The highest BCUT2D eigenvalue weighted by atomic mass is 32.2. The molecule has 9 heteroatoms. The molecule has 34 heavy (non-hydrogen) atoms. The number of unbranched alkanes of at least 4 members (excludes halogenated alkanes) is 3. The Balaban J connectivity index is 1.27. The van der Waals surface area contributed by atoms with Crippen molar-refractivity contribution < 1.29 is 14.0 Å². The van der Waals surface area contributed by atoms with Crippen LogP contribution in [0, 0.1) is 0 Å². The average molecular weight is 501 g/mol. The third kappa shape index (κ3) is 9.02. The Morgan fingerprint density at radius 3 is 2.56 bits per heavy atom. The number of anilines is 1. The second-order valence-electron chi connectivity index (χ2n) is 9.15. The molecule has 0 aliphatic carbocycles. The number of rotatable bonds is 13. The highest BCUT2D eigenvalue weighted by Gasteiger charge is 2.19. The van der Waals surface area contributed by atoms with Gasteiger partial charge in [0, 0.05) is 24.5 Å². The second kappa shape index (κ2) is 12.8. The van der Waals surface area contributed by atoms with Crippen molar-refractivity contribution >= 4 is 40.5 Å². The standard InChI is InChI=1S/C25H32N4O3S2/c1-25(2,3)20-15-27-22(32-20)17-33-24-16-28-23(34-24)13-19(30)10-6-4-5-7-11-21(31)29-18-9-8-12-26-14-18/h8-9,12,14-16H,4-7,10-11,13,17H2,1-3H3,(H,29,31). The summed E-state index contributed by atoms with van der Waals surface area (Å²) in [4.78, 5) is 37.0. The zero-order valence-corrected chi connectivity index (χ0v) is 21.6. The number of thiazole rings is 1. The van der Waals surface area contributed by atoms with Crippen LogP contribution in [0.2, 0.25) is 0 Å². The predicted octanol–water partition coefficient (Wildman–Crippen LogP) is 6.21. The summed E-state index contributed by atoms with van der Waals surface area (Å²) in [6.45, 7) is 6.29. The highest BCUT2D eigenvalue weighted by Crippen LogP contribution is 2.30. The van der Waals surface area contributed by atoms with E-state index in [1.54, 1.807) is 47.8 Å². The fourth-order valence-electron chi connectivity index (χ4n) is 3.18. The molecule has 3 aromatic rings. The van der Waals surface area contributed by atoms with Crippen LogP contribution < -0.4 is 5.32 Å². The number of carbonyl (C=O) groups excluding carboxylic acids is 2. The number of hydrogen-bond acceptors (Lipinski definition) is 8. The lowest BCUT2D eigenvalue weighted by Gasteiger charge is -2.12. The molecule has 0 radical (unpaired) electrons. The summed E-state index contributed by atoms with van der Waals surface area (Å²) < 4.78 is 6.88. The van der Waals surface area contributed by atoms with Gasteiger partial charge in [0.15, 0.2) is 0 Å². The number of hydrogen-bond donors (Lipinski definition) is 1. The van der Waals surface area contributed by atoms with E-state index in [0.717, 1.165) is 40.7 Å². The predicted molar refractivity (Wildman–Crippen MR) is 136 cm³/mol. The molecule has 0 aliphatic heterocycles. The average Bonchev–Trinajstić information content (AvgIpc) is 3.45. The zero-order valence-electron chi connectivity index (χ0n) is 20.0. The summed E-state index contributed by atoms with van der Waals surface area (Å²) in [7, 11) is 0. The zero-order chi connectivity index (χ0) is 24.4. The lowest BCUT2D eigenvalue weighted by atomic mass is 9.94. The molecule has 0 fully saturated rings. The van der Waals surface area contributed by atoms with Gasteiger partial charge in [0.1, 0.15) is 16.6 Å². The first-order chi connectivity index (χ1) is 16.3. The fraction of sp³-hybridized carbons (Fsp3) is 0.480. The number of Topliss-reactive ketones (excluding diaryl/α,β-unsaturated/α-hetero) is 1. The van der Waals surface area contributed by atoms with Gasteiger partial charge in [-0.2, -0.15) is 0 Å². The Morgan fingerprint density at radius 1 is 1.06 bits per heavy atom. The second-order valence-corrected chi connectivity index (χ2v) is 11.5. The van der Waals surface area contributed by atoms with E-state index < -0.39 is 0 Å². The Morgan fingerprint density at radius 2 is 1.85 bits per heavy atom. The van der Waals surface area contributed by atoms with Crippen LogP contribution in [0.5, 0.6) is 0 Å². The Labute approximate surface area is 209 Å². The van der Waals surface area contributed by atoms with E-state index in [1.165, 1.54) is 0 Å². The molecule has 0 aromatic carbocycles. The molecule has 0 saturated carbocycles. The third-order valence-electron chi connectivity index (χ3n) is 5.07. The summed E-state index contributed by atoms with van der Waals surface area (Å²) in [5.41, 5.74) is 0.664. The number of thioether (sulfide) groups is 1. The number of amides is 1. The summed E-state index contributed by atoms with van der Waals surface area (Å²) in [5.74, 6) is 2.44. The molecule has 182 valence electrons. The molecule has 3 aromatic heterocycles. The van der Waals surface area contributed by atoms with Crippen LogP contribution in [0.15, 0.2) is 45.5 Å². The van der Waals surface area contributed by atoms with Gasteiger partial charge in [0.05, 0.1) is 40.7 Å². The third-order valence-corrected chi connectivity index (χ3v) is 7.24. The van der Waals surface area contributed by atoms with Crippen molar-refractivity contribution in [2.75, 3.05) is 5.32 Å². The molecule has 1 N–H and O–H groups in total. The van der Waals surface area contributed by atoms with Crippen LogP contribution >= 0.6 is 23.1 Å². The van der Waals surface area contributed by atoms with Crippen LogP contribution in [-0.2, 0) is 27.2 Å². The van der Waals surface area contributed by atoms with Gasteiger partial charge in [-0.3, -0.25) is 14.6 Å². The van der Waals surface area contributed by atoms with Crippen LogP contribution in [0.4, 0.5) is 5.69 Å². The maximum atomic E-state index is 12.3. The van der Waals surface area contributed by atoms with Gasteiger partial charge in [-0.05, 0) is 25.0 Å². The molecule has 1 amide bonds. The number of pyridine rings is 1. The number of nitrogens with one attached hydrogen (secondary N) is 1. The molecule has 0 atom stereocenters. The van der Waals surface area contributed by atoms with Crippen LogP contribution in [0.25, 0.3) is 0 Å². The number of aromatic nitrogens is 3. The maximum Gasteiger partial charge on any atom is 0.224 e. The first-order valence-electron chi connectivity index (χ1n) is 11.5. The maximum absolute atomic E-state index is 12.3. The minimum Gasteiger partial charge on any atom is -0.444 e. The van der Waals surface area contributed by atoms with Crippen molar-refractivity contribution in [2.24, 2.45) is 0 Å². The van der Waals surface area contributed by atoms with Gasteiger partial charge >= 0.3 is 0 Å². The van der Waals surface area contributed by atoms with E-state index in [9.17, 15) is 9.59 Å². The number of ketones is 1. The van der Waals surface area contributed by atoms with Gasteiger partial charge in [0.25, 0.3) is 0 Å². The van der Waals surface area contributed by atoms with E-state index in [1.807, 2.05) is 12.3 Å². The first kappa shape index (κ1) is 26.1. The normalized spacial score (nSPS) is 11.5. The largest absolute Gasteiger partial charge is 0.444 e. The Hall–Kier alpha value is -2.52. The van der Waals surface area contributed by atoms with Crippen molar-refractivity contribution in [1.82, 2.24) is 15.0 Å². The lowest BCUT2D eigenvalue weighted by molar-refractivity contribution is -0.118. The fourth-order valence-corrected chi connectivity index (χ4v) is 5.08. The van der Waals surface area contributed by atoms with Crippen LogP contribution in [0.1, 0.15) is 76.0 Å². The van der Waals surface area contributed by atoms with Crippen LogP contribution in [-0.4, -0.2) is 26.6 Å². The Kier molecular flexibility index (Phi) is 9.83. The van der Waals surface area contributed by atoms with E-state index in [4.69, 9.17) is 4.42 Å². The number of carbonyl (C=O) groups is 2. The molecular weight excluding hydrogens is 468 g/mol. The molecule has 0 bridgehead atoms. The number of nitrogens with zero attached hydrogens (tertiary/aromatic N) is 3. The van der Waals surface area contributed by atoms with Gasteiger partial charge in [-0.1, -0.05) is 33.6 Å². The quantitative estimate of drug-likeness (QED) is 0.220. The van der Waals surface area contributed by atoms with Crippen molar-refractivity contribution in [3.05, 3.63) is 53.6 Å². The van der Waals surface area contributed by atoms with Crippen LogP contribution in [0.3, 0.4) is 0 Å². The van der Waals surface area contributed by atoms with Gasteiger partial charge in [-0.25, -0.2) is 9.97 Å². The molecule has 3 heterocycles. The van der Waals surface area contributed by atoms with Crippen molar-refractivity contribution in [3.8, 4) is 0 Å². The topological polar surface area (TPSA) is 98.0 Å². The smallest absolute Gasteiger partial charge is 0.224 e. The van der Waals surface area contributed by atoms with E-state index >= 15 is 0 Å². The number of oxazole rings is 1. The Bertz CT molecular complexity index is 1060. The van der Waals surface area contributed by atoms with Crippen molar-refractivity contribution in [2.45, 2.75) is 81.1 Å². The van der Waals surface area contributed by atoms with Gasteiger partial charge in [-0.15, -0.1) is 23.1 Å². The van der Waals surface area contributed by atoms with Crippen molar-refractivity contribution in [3.63, 3.8) is 0 Å². The highest BCUT2D eigenvalue weighted by molar-refractivity contribution is 8.00. The SMILES string of the molecule is CC(C)(C)c1cnc(CSc2cnc(CC(=O)CCCCCCC(=O)Nc3cccnc3)s2)o1. The molecular formula is C25H32N4O3S2. The summed E-state index contributed by atoms with van der Waals surface area (Å²) in [5, 5.41) is 3.68. The summed E-state index contributed by atoms with van der Waals surface area (Å²) >= 11 is 3.18. The minimum absolute atomic E-state index is 0.000934. The van der Waals surface area contributed by atoms with E-state index in [-0.39, 0.29) is 17.1 Å². The first-order valence-corrected chi connectivity index (χ1v) is 13.3. The molecule has 3 rings (SSSR count). The summed E-state index contributed by atoms with van der Waals surface area (Å²) in [6.07, 6.45) is 11.9. The lowest BCUT2D eigenvalue weighted by Crippen LogP contribution is -2.11. The molecule has 0 aliphatic rings.